The van der Waals surface area contributed by atoms with Crippen molar-refractivity contribution >= 4 is 11.9 Å². The first-order valence-electron chi connectivity index (χ1n) is 11.9. The summed E-state index contributed by atoms with van der Waals surface area (Å²) in [6.07, 6.45) is 16.4. The number of rotatable bonds is 17. The maximum Gasteiger partial charge on any atom is 0.357 e. The lowest BCUT2D eigenvalue weighted by atomic mass is 10.0. The van der Waals surface area contributed by atoms with Crippen LogP contribution in [0.5, 0.6) is 0 Å². The van der Waals surface area contributed by atoms with E-state index in [0.717, 1.165) is 12.8 Å². The number of ether oxygens (including phenoxy) is 2. The molecule has 0 radical (unpaired) electrons. The molecule has 0 N–H and O–H groups in total. The van der Waals surface area contributed by atoms with Crippen molar-refractivity contribution in [3.05, 3.63) is 29.6 Å². The molecular weight excluding hydrogens is 378 g/mol. The predicted octanol–water partition coefficient (Wildman–Crippen LogP) is 6.89. The number of unbranched alkanes of at least 4 members (excludes halogenated alkanes) is 12. The zero-order chi connectivity index (χ0) is 22.0. The molecule has 1 aromatic heterocycles. The highest BCUT2D eigenvalue weighted by Crippen LogP contribution is 2.12. The van der Waals surface area contributed by atoms with Gasteiger partial charge < -0.3 is 9.47 Å². The van der Waals surface area contributed by atoms with Gasteiger partial charge in [0.05, 0.1) is 12.7 Å². The molecule has 0 spiro atoms. The fraction of sp³-hybridized carbons (Fsp3) is 0.720. The molecule has 0 atom stereocenters. The minimum Gasteiger partial charge on any atom is -0.461 e. The second-order valence-electron chi connectivity index (χ2n) is 8.24. The van der Waals surface area contributed by atoms with E-state index >= 15 is 0 Å². The maximum absolute atomic E-state index is 12.1. The van der Waals surface area contributed by atoms with Crippen LogP contribution in [-0.4, -0.2) is 29.6 Å². The van der Waals surface area contributed by atoms with Gasteiger partial charge in [-0.15, -0.1) is 0 Å². The number of carbonyl (C=O) groups excluding carboxylic acids is 2. The molecule has 1 aromatic rings. The Bertz CT molecular complexity index is 601. The maximum atomic E-state index is 12.1. The average Bonchev–Trinajstić information content (AvgIpc) is 2.73. The Morgan fingerprint density at radius 2 is 1.23 bits per heavy atom. The minimum absolute atomic E-state index is 0.124. The topological polar surface area (TPSA) is 65.5 Å². The summed E-state index contributed by atoms with van der Waals surface area (Å²) < 4.78 is 10.4. The van der Waals surface area contributed by atoms with Crippen LogP contribution in [0, 0.1) is 0 Å². The molecule has 0 saturated carbocycles. The molecule has 0 amide bonds. The van der Waals surface area contributed by atoms with Gasteiger partial charge in [0.15, 0.2) is 0 Å². The predicted molar refractivity (Wildman–Crippen MR) is 121 cm³/mol. The molecule has 0 aliphatic heterocycles. The summed E-state index contributed by atoms with van der Waals surface area (Å²) in [5, 5.41) is 0. The van der Waals surface area contributed by atoms with E-state index < -0.39 is 11.9 Å². The van der Waals surface area contributed by atoms with Crippen molar-refractivity contribution in [1.82, 2.24) is 4.98 Å². The SMILES string of the molecule is CCCCCCCCCCCCCCCOC(=O)c1cccc(C(=O)OC(C)C)n1. The van der Waals surface area contributed by atoms with Gasteiger partial charge in [0, 0.05) is 0 Å². The largest absolute Gasteiger partial charge is 0.461 e. The number of nitrogens with zero attached hydrogens (tertiary/aromatic N) is 1. The van der Waals surface area contributed by atoms with Crippen molar-refractivity contribution in [2.45, 2.75) is 110 Å². The summed E-state index contributed by atoms with van der Waals surface area (Å²) in [6.45, 7) is 6.18. The van der Waals surface area contributed by atoms with Crippen LogP contribution in [-0.2, 0) is 9.47 Å². The van der Waals surface area contributed by atoms with Gasteiger partial charge in [0.2, 0.25) is 0 Å². The Labute approximate surface area is 183 Å². The van der Waals surface area contributed by atoms with Gasteiger partial charge in [-0.25, -0.2) is 14.6 Å². The number of hydrogen-bond donors (Lipinski definition) is 0. The van der Waals surface area contributed by atoms with Crippen LogP contribution in [0.25, 0.3) is 0 Å². The van der Waals surface area contributed by atoms with Gasteiger partial charge >= 0.3 is 11.9 Å². The molecule has 0 unspecified atom stereocenters. The van der Waals surface area contributed by atoms with Gasteiger partial charge in [-0.3, -0.25) is 0 Å². The van der Waals surface area contributed by atoms with Crippen LogP contribution in [0.2, 0.25) is 0 Å². The highest BCUT2D eigenvalue weighted by Gasteiger charge is 2.15. The number of carbonyl (C=O) groups is 2. The van der Waals surface area contributed by atoms with E-state index in [1.165, 1.54) is 76.7 Å². The second-order valence-corrected chi connectivity index (χ2v) is 8.24. The monoisotopic (exact) mass is 419 g/mol. The molecular formula is C25H41NO4. The Hall–Kier alpha value is -1.91. The number of pyridine rings is 1. The van der Waals surface area contributed by atoms with E-state index in [2.05, 4.69) is 11.9 Å². The van der Waals surface area contributed by atoms with E-state index in [4.69, 9.17) is 9.47 Å². The molecule has 0 fully saturated rings. The number of hydrogen-bond acceptors (Lipinski definition) is 5. The summed E-state index contributed by atoms with van der Waals surface area (Å²) >= 11 is 0. The van der Waals surface area contributed by atoms with E-state index in [1.54, 1.807) is 26.0 Å². The Balaban J connectivity index is 2.05. The first-order valence-corrected chi connectivity index (χ1v) is 11.9. The standard InChI is InChI=1S/C25H41NO4/c1-4-5-6-7-8-9-10-11-12-13-14-15-16-20-29-24(27)22-18-17-19-23(26-22)25(28)30-21(2)3/h17-19,21H,4-16,20H2,1-3H3. The highest BCUT2D eigenvalue weighted by atomic mass is 16.5. The van der Waals surface area contributed by atoms with Crippen LogP contribution in [0.1, 0.15) is 125 Å². The Kier molecular flexibility index (Phi) is 14.7. The molecule has 0 aliphatic carbocycles. The third-order valence-corrected chi connectivity index (χ3v) is 4.99. The van der Waals surface area contributed by atoms with Gasteiger partial charge in [-0.2, -0.15) is 0 Å². The zero-order valence-electron chi connectivity index (χ0n) is 19.3. The summed E-state index contributed by atoms with van der Waals surface area (Å²) in [6, 6.07) is 4.71. The zero-order valence-corrected chi connectivity index (χ0v) is 19.3. The number of aromatic nitrogens is 1. The van der Waals surface area contributed by atoms with E-state index in [1.807, 2.05) is 0 Å². The van der Waals surface area contributed by atoms with Crippen LogP contribution >= 0.6 is 0 Å². The van der Waals surface area contributed by atoms with Crippen molar-refractivity contribution in [2.24, 2.45) is 0 Å². The third kappa shape index (κ3) is 12.6. The third-order valence-electron chi connectivity index (χ3n) is 4.99. The lowest BCUT2D eigenvalue weighted by molar-refractivity contribution is 0.0370. The van der Waals surface area contributed by atoms with Crippen molar-refractivity contribution < 1.29 is 19.1 Å². The molecule has 0 saturated heterocycles. The van der Waals surface area contributed by atoms with Crippen molar-refractivity contribution in [1.29, 1.82) is 0 Å². The molecule has 1 heterocycles. The lowest BCUT2D eigenvalue weighted by Gasteiger charge is -2.08. The summed E-state index contributed by atoms with van der Waals surface area (Å²) in [5.41, 5.74) is 0.266. The van der Waals surface area contributed by atoms with E-state index in [-0.39, 0.29) is 17.5 Å². The summed E-state index contributed by atoms with van der Waals surface area (Å²) in [7, 11) is 0. The van der Waals surface area contributed by atoms with Crippen LogP contribution in [0.4, 0.5) is 0 Å². The number of esters is 2. The molecule has 0 bridgehead atoms. The molecule has 0 aromatic carbocycles. The fourth-order valence-electron chi connectivity index (χ4n) is 3.30. The van der Waals surface area contributed by atoms with Crippen molar-refractivity contribution in [3.8, 4) is 0 Å². The Morgan fingerprint density at radius 1 is 0.767 bits per heavy atom. The minimum atomic E-state index is -0.531. The van der Waals surface area contributed by atoms with Gasteiger partial charge in [0.25, 0.3) is 0 Å². The van der Waals surface area contributed by atoms with E-state index in [9.17, 15) is 9.59 Å². The quantitative estimate of drug-likeness (QED) is 0.203. The first-order chi connectivity index (χ1) is 14.5. The van der Waals surface area contributed by atoms with Gasteiger partial charge in [0.1, 0.15) is 11.4 Å². The molecule has 1 rings (SSSR count). The fourth-order valence-corrected chi connectivity index (χ4v) is 3.30. The molecule has 5 nitrogen and oxygen atoms in total. The lowest BCUT2D eigenvalue weighted by Crippen LogP contribution is -2.15. The van der Waals surface area contributed by atoms with Crippen LogP contribution < -0.4 is 0 Å². The van der Waals surface area contributed by atoms with Crippen molar-refractivity contribution in [3.63, 3.8) is 0 Å². The van der Waals surface area contributed by atoms with Gasteiger partial charge in [-0.05, 0) is 32.4 Å². The molecule has 170 valence electrons. The molecule has 5 heteroatoms. The molecule has 0 aliphatic rings. The first kappa shape index (κ1) is 26.1. The second kappa shape index (κ2) is 16.8. The normalized spacial score (nSPS) is 10.9. The van der Waals surface area contributed by atoms with Crippen molar-refractivity contribution in [2.75, 3.05) is 6.61 Å². The summed E-state index contributed by atoms with van der Waals surface area (Å²) in [4.78, 5) is 28.1. The highest BCUT2D eigenvalue weighted by molar-refractivity contribution is 5.91. The smallest absolute Gasteiger partial charge is 0.357 e. The average molecular weight is 420 g/mol. The molecule has 30 heavy (non-hydrogen) atoms. The Morgan fingerprint density at radius 3 is 1.73 bits per heavy atom. The van der Waals surface area contributed by atoms with Crippen LogP contribution in [0.3, 0.4) is 0 Å². The van der Waals surface area contributed by atoms with Gasteiger partial charge in [-0.1, -0.05) is 90.0 Å². The van der Waals surface area contributed by atoms with E-state index in [0.29, 0.717) is 6.61 Å². The van der Waals surface area contributed by atoms with Crippen LogP contribution in [0.15, 0.2) is 18.2 Å². The summed E-state index contributed by atoms with van der Waals surface area (Å²) in [5.74, 6) is -1.02.